The van der Waals surface area contributed by atoms with Gasteiger partial charge in [-0.3, -0.25) is 13.9 Å². The second kappa shape index (κ2) is 14.5. The van der Waals surface area contributed by atoms with Crippen LogP contribution >= 0.6 is 23.2 Å². The summed E-state index contributed by atoms with van der Waals surface area (Å²) in [6.45, 7) is -0.853. The monoisotopic (exact) mass is 651 g/mol. The number of hydrogen-bond acceptors (Lipinski definition) is 4. The summed E-state index contributed by atoms with van der Waals surface area (Å²) in [5.41, 5.74) is 1.12. The van der Waals surface area contributed by atoms with Crippen molar-refractivity contribution in [2.75, 3.05) is 17.1 Å². The minimum atomic E-state index is -4.13. The summed E-state index contributed by atoms with van der Waals surface area (Å²) in [5.74, 6) is -3.52. The van der Waals surface area contributed by atoms with Crippen molar-refractivity contribution in [2.45, 2.75) is 57.2 Å². The number of sulfonamides is 1. The topological polar surface area (TPSA) is 86.8 Å². The number of amides is 2. The Labute approximate surface area is 260 Å². The fourth-order valence-electron chi connectivity index (χ4n) is 5.19. The SMILES string of the molecule is CS(=O)(=O)N(CC(=O)N(Cc1ccc(Cl)c(Cl)c1)C(Cc1ccccc1)C(=O)NC1CCCCC1)c1ccc(F)c(F)c1. The van der Waals surface area contributed by atoms with Gasteiger partial charge in [0.1, 0.15) is 12.6 Å². The molecule has 2 amide bonds. The fraction of sp³-hybridized carbons (Fsp3) is 0.355. The Morgan fingerprint density at radius 2 is 1.60 bits per heavy atom. The van der Waals surface area contributed by atoms with Crippen LogP contribution in [0.3, 0.4) is 0 Å². The molecule has 4 rings (SSSR count). The predicted molar refractivity (Wildman–Crippen MR) is 165 cm³/mol. The number of benzene rings is 3. The van der Waals surface area contributed by atoms with Crippen LogP contribution in [0, 0.1) is 11.6 Å². The summed E-state index contributed by atoms with van der Waals surface area (Å²) in [5, 5.41) is 3.66. The van der Waals surface area contributed by atoms with Gasteiger partial charge < -0.3 is 10.2 Å². The predicted octanol–water partition coefficient (Wildman–Crippen LogP) is 6.13. The van der Waals surface area contributed by atoms with Gasteiger partial charge in [-0.15, -0.1) is 0 Å². The standard InChI is InChI=1S/C31H33Cl2F2N3O4S/c1-43(41,42)38(24-13-15-27(34)28(35)18-24)20-30(39)37(19-22-12-14-25(32)26(33)16-22)29(17-21-8-4-2-5-9-21)31(40)36-23-10-6-3-7-11-23/h2,4-5,8-9,12-16,18,23,29H,3,6-7,10-11,17,19-20H2,1H3,(H,36,40). The molecule has 1 N–H and O–H groups in total. The Balaban J connectivity index is 1.74. The van der Waals surface area contributed by atoms with Crippen molar-refractivity contribution in [2.24, 2.45) is 0 Å². The van der Waals surface area contributed by atoms with E-state index in [9.17, 15) is 26.8 Å². The Bertz CT molecular complexity index is 1550. The van der Waals surface area contributed by atoms with Gasteiger partial charge in [-0.25, -0.2) is 17.2 Å². The zero-order chi connectivity index (χ0) is 31.1. The van der Waals surface area contributed by atoms with Gasteiger partial charge in [0.15, 0.2) is 11.6 Å². The van der Waals surface area contributed by atoms with E-state index >= 15 is 0 Å². The highest BCUT2D eigenvalue weighted by Gasteiger charge is 2.34. The van der Waals surface area contributed by atoms with Crippen LogP contribution in [-0.4, -0.2) is 50.0 Å². The average molecular weight is 653 g/mol. The van der Waals surface area contributed by atoms with Crippen molar-refractivity contribution < 1.29 is 26.8 Å². The van der Waals surface area contributed by atoms with E-state index in [4.69, 9.17) is 23.2 Å². The second-order valence-corrected chi connectivity index (χ2v) is 13.4. The molecular formula is C31H33Cl2F2N3O4S. The first kappa shape index (κ1) is 32.7. The molecule has 0 aromatic heterocycles. The van der Waals surface area contributed by atoms with Crippen molar-refractivity contribution >= 4 is 50.7 Å². The summed E-state index contributed by atoms with van der Waals surface area (Å²) < 4.78 is 54.1. The molecule has 0 bridgehead atoms. The molecule has 1 fully saturated rings. The molecule has 0 heterocycles. The van der Waals surface area contributed by atoms with Crippen LogP contribution in [-0.2, 0) is 32.6 Å². The van der Waals surface area contributed by atoms with Gasteiger partial charge in [0.2, 0.25) is 21.8 Å². The lowest BCUT2D eigenvalue weighted by molar-refractivity contribution is -0.140. The van der Waals surface area contributed by atoms with E-state index in [0.29, 0.717) is 21.0 Å². The van der Waals surface area contributed by atoms with E-state index in [1.807, 2.05) is 30.3 Å². The molecule has 3 aromatic rings. The Morgan fingerprint density at radius 1 is 0.907 bits per heavy atom. The highest BCUT2D eigenvalue weighted by Crippen LogP contribution is 2.26. The van der Waals surface area contributed by atoms with Gasteiger partial charge in [-0.05, 0) is 48.2 Å². The Morgan fingerprint density at radius 3 is 2.23 bits per heavy atom. The molecule has 0 spiro atoms. The maximum Gasteiger partial charge on any atom is 0.244 e. The Kier molecular flexibility index (Phi) is 11.0. The molecule has 7 nitrogen and oxygen atoms in total. The third-order valence-corrected chi connectivity index (χ3v) is 9.31. The lowest BCUT2D eigenvalue weighted by atomic mass is 9.94. The lowest BCUT2D eigenvalue weighted by Gasteiger charge is -2.35. The van der Waals surface area contributed by atoms with Gasteiger partial charge in [0.05, 0.1) is 22.0 Å². The third kappa shape index (κ3) is 8.90. The minimum absolute atomic E-state index is 0.0452. The molecule has 0 radical (unpaired) electrons. The van der Waals surface area contributed by atoms with E-state index in [1.54, 1.807) is 18.2 Å². The minimum Gasteiger partial charge on any atom is -0.352 e. The highest BCUT2D eigenvalue weighted by molar-refractivity contribution is 7.92. The fourth-order valence-corrected chi connectivity index (χ4v) is 6.35. The first-order valence-corrected chi connectivity index (χ1v) is 16.5. The first-order chi connectivity index (χ1) is 20.4. The quantitative estimate of drug-likeness (QED) is 0.270. The van der Waals surface area contributed by atoms with Crippen molar-refractivity contribution in [1.29, 1.82) is 0 Å². The van der Waals surface area contributed by atoms with Crippen LogP contribution in [0.4, 0.5) is 14.5 Å². The molecular weight excluding hydrogens is 619 g/mol. The van der Waals surface area contributed by atoms with Crippen LogP contribution in [0.5, 0.6) is 0 Å². The smallest absolute Gasteiger partial charge is 0.244 e. The molecule has 1 saturated carbocycles. The second-order valence-electron chi connectivity index (χ2n) is 10.7. The molecule has 0 saturated heterocycles. The molecule has 43 heavy (non-hydrogen) atoms. The highest BCUT2D eigenvalue weighted by atomic mass is 35.5. The molecule has 1 aliphatic rings. The third-order valence-electron chi connectivity index (χ3n) is 7.43. The van der Waals surface area contributed by atoms with E-state index in [2.05, 4.69) is 5.32 Å². The number of anilines is 1. The van der Waals surface area contributed by atoms with Gasteiger partial charge >= 0.3 is 0 Å². The first-order valence-electron chi connectivity index (χ1n) is 13.9. The maximum absolute atomic E-state index is 14.1. The van der Waals surface area contributed by atoms with Crippen LogP contribution in [0.2, 0.25) is 10.0 Å². The Hall–Kier alpha value is -3.21. The van der Waals surface area contributed by atoms with Crippen molar-refractivity contribution in [3.05, 3.63) is 99.5 Å². The molecule has 1 aliphatic carbocycles. The maximum atomic E-state index is 14.1. The molecule has 1 atom stereocenters. The van der Waals surface area contributed by atoms with Crippen molar-refractivity contribution in [3.63, 3.8) is 0 Å². The summed E-state index contributed by atoms with van der Waals surface area (Å²) >= 11 is 12.4. The van der Waals surface area contributed by atoms with E-state index in [0.717, 1.165) is 56.1 Å². The molecule has 1 unspecified atom stereocenters. The zero-order valence-electron chi connectivity index (χ0n) is 23.6. The number of carbonyl (C=O) groups excluding carboxylic acids is 2. The van der Waals surface area contributed by atoms with Crippen molar-refractivity contribution in [3.8, 4) is 0 Å². The average Bonchev–Trinajstić information content (AvgIpc) is 2.97. The van der Waals surface area contributed by atoms with Crippen LogP contribution in [0.15, 0.2) is 66.7 Å². The van der Waals surface area contributed by atoms with Gasteiger partial charge in [-0.1, -0.05) is 78.9 Å². The molecule has 230 valence electrons. The summed E-state index contributed by atoms with van der Waals surface area (Å²) in [4.78, 5) is 29.4. The van der Waals surface area contributed by atoms with Gasteiger partial charge in [-0.2, -0.15) is 0 Å². The van der Waals surface area contributed by atoms with E-state index in [1.165, 1.54) is 4.90 Å². The van der Waals surface area contributed by atoms with Crippen molar-refractivity contribution in [1.82, 2.24) is 10.2 Å². The van der Waals surface area contributed by atoms with Crippen LogP contribution in [0.1, 0.15) is 43.2 Å². The number of nitrogens with one attached hydrogen (secondary N) is 1. The van der Waals surface area contributed by atoms with Crippen LogP contribution in [0.25, 0.3) is 0 Å². The molecule has 3 aromatic carbocycles. The lowest BCUT2D eigenvalue weighted by Crippen LogP contribution is -2.55. The number of hydrogen-bond donors (Lipinski definition) is 1. The normalized spacial score (nSPS) is 14.6. The summed E-state index contributed by atoms with van der Waals surface area (Å²) in [6, 6.07) is 15.5. The van der Waals surface area contributed by atoms with E-state index < -0.39 is 40.2 Å². The van der Waals surface area contributed by atoms with Crippen LogP contribution < -0.4 is 9.62 Å². The van der Waals surface area contributed by atoms with E-state index in [-0.39, 0.29) is 35.6 Å². The van der Waals surface area contributed by atoms with Gasteiger partial charge in [0.25, 0.3) is 0 Å². The summed E-state index contributed by atoms with van der Waals surface area (Å²) in [7, 11) is -4.13. The largest absolute Gasteiger partial charge is 0.352 e. The summed E-state index contributed by atoms with van der Waals surface area (Å²) in [6.07, 6.45) is 5.71. The van der Waals surface area contributed by atoms with Gasteiger partial charge in [0, 0.05) is 25.1 Å². The number of nitrogens with zero attached hydrogens (tertiary/aromatic N) is 2. The zero-order valence-corrected chi connectivity index (χ0v) is 25.9. The number of rotatable bonds is 11. The molecule has 0 aliphatic heterocycles. The molecule has 12 heteroatoms. The number of carbonyl (C=O) groups is 2. The number of halogens is 4.